The normalized spacial score (nSPS) is 11.3. The maximum Gasteiger partial charge on any atom is 0.0946 e. The fraction of sp³-hybridized carbons (Fsp3) is 0.400. The number of hydrogen-bond acceptors (Lipinski definition) is 4. The van der Waals surface area contributed by atoms with Crippen LogP contribution in [0.2, 0.25) is 0 Å². The summed E-state index contributed by atoms with van der Waals surface area (Å²) in [7, 11) is -2.21. The second-order valence-corrected chi connectivity index (χ2v) is 4.90. The Balaban J connectivity index is 2.41. The SMILES string of the molecule is CN(CCCS(=O)(=O)[O-])c1ccccc1. The lowest BCUT2D eigenvalue weighted by molar-refractivity contribution is 0.461. The van der Waals surface area contributed by atoms with Gasteiger partial charge in [0.2, 0.25) is 0 Å². The third-order valence-electron chi connectivity index (χ3n) is 2.08. The highest BCUT2D eigenvalue weighted by Crippen LogP contribution is 2.10. The fourth-order valence-electron chi connectivity index (χ4n) is 1.29. The molecule has 84 valence electrons. The van der Waals surface area contributed by atoms with Crippen molar-refractivity contribution in [1.82, 2.24) is 0 Å². The first-order chi connectivity index (χ1) is 6.99. The van der Waals surface area contributed by atoms with Crippen LogP contribution in [0.25, 0.3) is 0 Å². The lowest BCUT2D eigenvalue weighted by Gasteiger charge is -2.19. The van der Waals surface area contributed by atoms with Crippen molar-refractivity contribution in [2.45, 2.75) is 6.42 Å². The molecule has 0 aliphatic heterocycles. The molecular weight excluding hydrogens is 214 g/mol. The summed E-state index contributed by atoms with van der Waals surface area (Å²) >= 11 is 0. The van der Waals surface area contributed by atoms with E-state index in [2.05, 4.69) is 0 Å². The van der Waals surface area contributed by atoms with Crippen LogP contribution in [-0.4, -0.2) is 32.3 Å². The van der Waals surface area contributed by atoms with E-state index in [4.69, 9.17) is 0 Å². The van der Waals surface area contributed by atoms with Crippen molar-refractivity contribution in [2.24, 2.45) is 0 Å². The number of rotatable bonds is 5. The van der Waals surface area contributed by atoms with Gasteiger partial charge in [-0.2, -0.15) is 0 Å². The van der Waals surface area contributed by atoms with Gasteiger partial charge < -0.3 is 9.45 Å². The summed E-state index contributed by atoms with van der Waals surface area (Å²) in [6.45, 7) is 0.561. The van der Waals surface area contributed by atoms with E-state index in [9.17, 15) is 13.0 Å². The summed E-state index contributed by atoms with van der Waals surface area (Å²) in [5.41, 5.74) is 1.01. The first-order valence-corrected chi connectivity index (χ1v) is 6.26. The van der Waals surface area contributed by atoms with Crippen molar-refractivity contribution in [3.63, 3.8) is 0 Å². The molecule has 1 aromatic carbocycles. The van der Waals surface area contributed by atoms with Gasteiger partial charge in [0, 0.05) is 25.0 Å². The molecule has 0 spiro atoms. The lowest BCUT2D eigenvalue weighted by atomic mass is 10.3. The Bertz CT molecular complexity index is 388. The lowest BCUT2D eigenvalue weighted by Crippen LogP contribution is -2.20. The highest BCUT2D eigenvalue weighted by atomic mass is 32.2. The van der Waals surface area contributed by atoms with Crippen LogP contribution >= 0.6 is 0 Å². The minimum absolute atomic E-state index is 0.301. The summed E-state index contributed by atoms with van der Waals surface area (Å²) in [4.78, 5) is 1.92. The average molecular weight is 228 g/mol. The van der Waals surface area contributed by atoms with E-state index in [1.807, 2.05) is 42.3 Å². The van der Waals surface area contributed by atoms with Crippen LogP contribution in [0.5, 0.6) is 0 Å². The standard InChI is InChI=1S/C10H15NO3S/c1-11(8-5-9-15(12,13)14)10-6-3-2-4-7-10/h2-4,6-7H,5,8-9H2,1H3,(H,12,13,14)/p-1. The number of benzene rings is 1. The zero-order chi connectivity index (χ0) is 11.3. The monoisotopic (exact) mass is 228 g/mol. The van der Waals surface area contributed by atoms with E-state index in [1.165, 1.54) is 0 Å². The maximum atomic E-state index is 10.4. The molecule has 15 heavy (non-hydrogen) atoms. The van der Waals surface area contributed by atoms with E-state index in [0.717, 1.165) is 5.69 Å². The van der Waals surface area contributed by atoms with Gasteiger partial charge in [-0.3, -0.25) is 0 Å². The molecule has 0 aliphatic rings. The van der Waals surface area contributed by atoms with E-state index in [-0.39, 0.29) is 5.75 Å². The molecule has 0 saturated carbocycles. The van der Waals surface area contributed by atoms with Gasteiger partial charge in [-0.25, -0.2) is 8.42 Å². The molecule has 0 heterocycles. The number of nitrogens with zero attached hydrogens (tertiary/aromatic N) is 1. The smallest absolute Gasteiger partial charge is 0.0946 e. The Morgan fingerprint density at radius 1 is 1.27 bits per heavy atom. The van der Waals surface area contributed by atoms with Crippen LogP contribution < -0.4 is 4.90 Å². The molecule has 5 heteroatoms. The maximum absolute atomic E-state index is 10.4. The third kappa shape index (κ3) is 4.80. The van der Waals surface area contributed by atoms with E-state index >= 15 is 0 Å². The van der Waals surface area contributed by atoms with Crippen LogP contribution in [0.1, 0.15) is 6.42 Å². The third-order valence-corrected chi connectivity index (χ3v) is 2.87. The van der Waals surface area contributed by atoms with Gasteiger partial charge >= 0.3 is 0 Å². The number of hydrogen-bond donors (Lipinski definition) is 0. The van der Waals surface area contributed by atoms with Crippen molar-refractivity contribution < 1.29 is 13.0 Å². The molecule has 0 atom stereocenters. The number of para-hydroxylation sites is 1. The summed E-state index contributed by atoms with van der Waals surface area (Å²) in [6, 6.07) is 9.61. The van der Waals surface area contributed by atoms with Crippen LogP contribution in [-0.2, 0) is 10.1 Å². The quantitative estimate of drug-likeness (QED) is 0.707. The molecule has 0 fully saturated rings. The van der Waals surface area contributed by atoms with E-state index < -0.39 is 10.1 Å². The largest absolute Gasteiger partial charge is 0.748 e. The Morgan fingerprint density at radius 2 is 1.87 bits per heavy atom. The van der Waals surface area contributed by atoms with Gasteiger partial charge in [0.25, 0.3) is 0 Å². The summed E-state index contributed by atoms with van der Waals surface area (Å²) in [5, 5.41) is 0. The van der Waals surface area contributed by atoms with Crippen LogP contribution in [0.15, 0.2) is 30.3 Å². The molecule has 0 aromatic heterocycles. The van der Waals surface area contributed by atoms with E-state index in [1.54, 1.807) is 0 Å². The topological polar surface area (TPSA) is 60.4 Å². The molecule has 0 unspecified atom stereocenters. The Labute approximate surface area is 90.3 Å². The first-order valence-electron chi connectivity index (χ1n) is 4.69. The molecular formula is C10H14NO3S-. The van der Waals surface area contributed by atoms with Crippen LogP contribution in [0, 0.1) is 0 Å². The minimum atomic E-state index is -4.08. The second-order valence-electron chi connectivity index (χ2n) is 3.37. The van der Waals surface area contributed by atoms with Crippen molar-refractivity contribution >= 4 is 15.8 Å². The first kappa shape index (κ1) is 12.0. The molecule has 4 nitrogen and oxygen atoms in total. The molecule has 0 aliphatic carbocycles. The summed E-state index contributed by atoms with van der Waals surface area (Å²) < 4.78 is 31.1. The Hall–Kier alpha value is -1.07. The summed E-state index contributed by atoms with van der Waals surface area (Å²) in [6.07, 6.45) is 0.358. The molecule has 1 rings (SSSR count). The highest BCUT2D eigenvalue weighted by molar-refractivity contribution is 7.85. The molecule has 0 N–H and O–H groups in total. The zero-order valence-electron chi connectivity index (χ0n) is 8.59. The van der Waals surface area contributed by atoms with Gasteiger partial charge in [-0.05, 0) is 18.6 Å². The fourth-order valence-corrected chi connectivity index (χ4v) is 1.77. The molecule has 0 radical (unpaired) electrons. The minimum Gasteiger partial charge on any atom is -0.748 e. The highest BCUT2D eigenvalue weighted by Gasteiger charge is 2.01. The van der Waals surface area contributed by atoms with Gasteiger partial charge in [0.05, 0.1) is 10.1 Å². The molecule has 0 amide bonds. The Morgan fingerprint density at radius 3 is 2.40 bits per heavy atom. The van der Waals surface area contributed by atoms with Crippen molar-refractivity contribution in [3.8, 4) is 0 Å². The van der Waals surface area contributed by atoms with Crippen LogP contribution in [0.4, 0.5) is 5.69 Å². The molecule has 0 saturated heterocycles. The molecule has 1 aromatic rings. The second kappa shape index (κ2) is 5.14. The zero-order valence-corrected chi connectivity index (χ0v) is 9.40. The van der Waals surface area contributed by atoms with Crippen LogP contribution in [0.3, 0.4) is 0 Å². The summed E-state index contributed by atoms with van der Waals surface area (Å²) in [5.74, 6) is -0.301. The van der Waals surface area contributed by atoms with Gasteiger partial charge in [0.1, 0.15) is 0 Å². The van der Waals surface area contributed by atoms with Gasteiger partial charge in [-0.1, -0.05) is 18.2 Å². The van der Waals surface area contributed by atoms with Crippen molar-refractivity contribution in [1.29, 1.82) is 0 Å². The predicted molar refractivity (Wildman–Crippen MR) is 58.9 cm³/mol. The Kier molecular flexibility index (Phi) is 4.11. The average Bonchev–Trinajstić information content (AvgIpc) is 2.17. The predicted octanol–water partition coefficient (Wildman–Crippen LogP) is 1.06. The number of anilines is 1. The van der Waals surface area contributed by atoms with Crippen molar-refractivity contribution in [2.75, 3.05) is 24.2 Å². The van der Waals surface area contributed by atoms with E-state index in [0.29, 0.717) is 13.0 Å². The van der Waals surface area contributed by atoms with Gasteiger partial charge in [-0.15, -0.1) is 0 Å². The van der Waals surface area contributed by atoms with Gasteiger partial charge in [0.15, 0.2) is 0 Å². The molecule has 0 bridgehead atoms. The van der Waals surface area contributed by atoms with Crippen molar-refractivity contribution in [3.05, 3.63) is 30.3 Å².